The number of rotatable bonds is 10. The molecule has 2 aromatic heterocycles. The monoisotopic (exact) mass is 503 g/mol. The summed E-state index contributed by atoms with van der Waals surface area (Å²) in [5.41, 5.74) is 5.32. The standard InChI is InChI=1S/C29H36N6O2/c1-7-35-11-10-28(32-35)24-15-22(14-23(16-24)25-18-30-34(6)19-25)21(3)31-29(36)27-17-26(9-8-20(27)2)37-13-12-33(4)5/h8-11,14-19,21H,7,12-13H2,1-6H3,(H,31,36)/t21-/m1/s1/i6D3. The third kappa shape index (κ3) is 6.46. The molecule has 0 unspecified atom stereocenters. The molecule has 1 atom stereocenters. The van der Waals surface area contributed by atoms with E-state index in [1.165, 1.54) is 12.4 Å². The van der Waals surface area contributed by atoms with Crippen LogP contribution >= 0.6 is 0 Å². The largest absolute Gasteiger partial charge is 0.492 e. The van der Waals surface area contributed by atoms with E-state index in [0.717, 1.165) is 45.7 Å². The second-order valence-corrected chi connectivity index (χ2v) is 9.40. The first-order chi connectivity index (χ1) is 18.9. The van der Waals surface area contributed by atoms with Crippen LogP contribution in [0.15, 0.2) is 61.1 Å². The minimum atomic E-state index is -2.37. The highest BCUT2D eigenvalue weighted by atomic mass is 16.5. The van der Waals surface area contributed by atoms with Gasteiger partial charge in [-0.2, -0.15) is 10.2 Å². The highest BCUT2D eigenvalue weighted by Gasteiger charge is 2.17. The summed E-state index contributed by atoms with van der Waals surface area (Å²) in [5.74, 6) is 0.438. The van der Waals surface area contributed by atoms with Gasteiger partial charge in [-0.3, -0.25) is 14.2 Å². The van der Waals surface area contributed by atoms with Gasteiger partial charge in [0, 0.05) is 53.3 Å². The van der Waals surface area contributed by atoms with Crippen molar-refractivity contribution in [1.29, 1.82) is 0 Å². The van der Waals surface area contributed by atoms with Gasteiger partial charge < -0.3 is 15.0 Å². The number of hydrogen-bond donors (Lipinski definition) is 1. The van der Waals surface area contributed by atoms with Gasteiger partial charge in [-0.05, 0) is 88.0 Å². The molecule has 0 saturated heterocycles. The van der Waals surface area contributed by atoms with Gasteiger partial charge in [0.1, 0.15) is 12.4 Å². The van der Waals surface area contributed by atoms with Crippen LogP contribution < -0.4 is 10.1 Å². The molecule has 1 N–H and O–H groups in total. The number of carbonyl (C=O) groups excluding carboxylic acids is 1. The number of aromatic nitrogens is 4. The molecule has 0 fully saturated rings. The smallest absolute Gasteiger partial charge is 0.252 e. The number of likely N-dealkylation sites (N-methyl/N-ethyl adjacent to an activating group) is 1. The number of aryl methyl sites for hydroxylation is 3. The van der Waals surface area contributed by atoms with Gasteiger partial charge >= 0.3 is 0 Å². The highest BCUT2D eigenvalue weighted by molar-refractivity contribution is 5.96. The fourth-order valence-electron chi connectivity index (χ4n) is 4.02. The van der Waals surface area contributed by atoms with Crippen LogP contribution in [0.1, 0.15) is 45.5 Å². The Morgan fingerprint density at radius 1 is 1.16 bits per heavy atom. The molecule has 0 saturated carbocycles. The zero-order valence-electron chi connectivity index (χ0n) is 25.0. The lowest BCUT2D eigenvalue weighted by Gasteiger charge is -2.18. The van der Waals surface area contributed by atoms with Gasteiger partial charge in [0.05, 0.1) is 17.9 Å². The predicted molar refractivity (Wildman–Crippen MR) is 147 cm³/mol. The maximum Gasteiger partial charge on any atom is 0.252 e. The Hall–Kier alpha value is -3.91. The molecule has 37 heavy (non-hydrogen) atoms. The Morgan fingerprint density at radius 2 is 1.97 bits per heavy atom. The van der Waals surface area contributed by atoms with E-state index in [4.69, 9.17) is 8.85 Å². The summed E-state index contributed by atoms with van der Waals surface area (Å²) in [6.45, 7) is 5.49. The maximum absolute atomic E-state index is 13.4. The number of nitrogens with one attached hydrogen (secondary N) is 1. The van der Waals surface area contributed by atoms with E-state index in [-0.39, 0.29) is 11.9 Å². The highest BCUT2D eigenvalue weighted by Crippen LogP contribution is 2.30. The lowest BCUT2D eigenvalue weighted by molar-refractivity contribution is 0.0938. The summed E-state index contributed by atoms with van der Waals surface area (Å²) >= 11 is 0. The van der Waals surface area contributed by atoms with Gasteiger partial charge in [-0.25, -0.2) is 0 Å². The third-order valence-electron chi connectivity index (χ3n) is 6.24. The van der Waals surface area contributed by atoms with Crippen molar-refractivity contribution in [3.05, 3.63) is 77.7 Å². The van der Waals surface area contributed by atoms with Crippen LogP contribution in [0.3, 0.4) is 0 Å². The zero-order chi connectivity index (χ0) is 29.0. The molecule has 0 bridgehead atoms. The van der Waals surface area contributed by atoms with E-state index < -0.39 is 6.98 Å². The topological polar surface area (TPSA) is 77.2 Å². The molecule has 1 amide bonds. The van der Waals surface area contributed by atoms with Crippen LogP contribution in [0, 0.1) is 6.92 Å². The van der Waals surface area contributed by atoms with E-state index in [9.17, 15) is 4.79 Å². The second kappa shape index (κ2) is 11.4. The first kappa shape index (κ1) is 22.3. The van der Waals surface area contributed by atoms with Crippen molar-refractivity contribution in [3.8, 4) is 28.1 Å². The molecular formula is C29H36N6O2. The summed E-state index contributed by atoms with van der Waals surface area (Å²) in [5, 5.41) is 11.8. The van der Waals surface area contributed by atoms with Crippen molar-refractivity contribution in [3.63, 3.8) is 0 Å². The Bertz CT molecular complexity index is 1470. The molecule has 0 aliphatic rings. The summed E-state index contributed by atoms with van der Waals surface area (Å²) in [6, 6.07) is 13.0. The number of carbonyl (C=O) groups is 1. The minimum absolute atomic E-state index is 0.208. The van der Waals surface area contributed by atoms with Crippen LogP contribution in [0.2, 0.25) is 0 Å². The Morgan fingerprint density at radius 3 is 2.68 bits per heavy atom. The Kier molecular flexibility index (Phi) is 6.89. The normalized spacial score (nSPS) is 13.6. The predicted octanol–water partition coefficient (Wildman–Crippen LogP) is 4.71. The summed E-state index contributed by atoms with van der Waals surface area (Å²) in [6.07, 6.45) is 4.96. The van der Waals surface area contributed by atoms with Gasteiger partial charge in [0.15, 0.2) is 0 Å². The third-order valence-corrected chi connectivity index (χ3v) is 6.24. The van der Waals surface area contributed by atoms with E-state index >= 15 is 0 Å². The molecule has 8 heteroatoms. The molecule has 8 nitrogen and oxygen atoms in total. The lowest BCUT2D eigenvalue weighted by Crippen LogP contribution is -2.27. The van der Waals surface area contributed by atoms with Crippen LogP contribution in [0.4, 0.5) is 0 Å². The van der Waals surface area contributed by atoms with E-state index in [2.05, 4.69) is 15.5 Å². The average Bonchev–Trinajstić information content (AvgIpc) is 3.59. The number of hydrogen-bond acceptors (Lipinski definition) is 5. The molecule has 0 spiro atoms. The lowest BCUT2D eigenvalue weighted by atomic mass is 9.96. The average molecular weight is 504 g/mol. The second-order valence-electron chi connectivity index (χ2n) is 9.40. The number of nitrogens with zero attached hydrogens (tertiary/aromatic N) is 5. The molecule has 2 aromatic carbocycles. The van der Waals surface area contributed by atoms with Gasteiger partial charge in [-0.1, -0.05) is 6.07 Å². The Balaban J connectivity index is 1.64. The van der Waals surface area contributed by atoms with Gasteiger partial charge in [0.25, 0.3) is 5.91 Å². The van der Waals surface area contributed by atoms with Crippen molar-refractivity contribution >= 4 is 5.91 Å². The van der Waals surface area contributed by atoms with Crippen molar-refractivity contribution < 1.29 is 13.6 Å². The maximum atomic E-state index is 13.4. The van der Waals surface area contributed by atoms with Gasteiger partial charge in [0.2, 0.25) is 0 Å². The molecule has 0 aliphatic heterocycles. The molecule has 194 valence electrons. The van der Waals surface area contributed by atoms with Crippen molar-refractivity contribution in [2.24, 2.45) is 6.98 Å². The summed E-state index contributed by atoms with van der Waals surface area (Å²) in [4.78, 5) is 15.4. The fourth-order valence-corrected chi connectivity index (χ4v) is 4.02. The first-order valence-electron chi connectivity index (χ1n) is 13.9. The molecule has 0 radical (unpaired) electrons. The van der Waals surface area contributed by atoms with Crippen LogP contribution in [-0.2, 0) is 13.5 Å². The summed E-state index contributed by atoms with van der Waals surface area (Å²) < 4.78 is 31.7. The van der Waals surface area contributed by atoms with Crippen molar-refractivity contribution in [2.45, 2.75) is 33.4 Å². The van der Waals surface area contributed by atoms with Crippen LogP contribution in [-0.4, -0.2) is 57.6 Å². The number of amides is 1. The quantitative estimate of drug-likeness (QED) is 0.339. The molecular weight excluding hydrogens is 464 g/mol. The first-order valence-corrected chi connectivity index (χ1v) is 12.4. The summed E-state index contributed by atoms with van der Waals surface area (Å²) in [7, 11) is 3.96. The zero-order valence-corrected chi connectivity index (χ0v) is 22.0. The molecule has 4 aromatic rings. The van der Waals surface area contributed by atoms with Crippen LogP contribution in [0.25, 0.3) is 22.4 Å². The van der Waals surface area contributed by atoms with Crippen molar-refractivity contribution in [2.75, 3.05) is 27.2 Å². The SMILES string of the molecule is [2H]C([2H])([2H])n1cc(-c2cc(-c3ccn(CC)n3)cc([C@@H](C)NC(=O)c3cc(OCCN(C)C)ccc3C)c2)cn1. The Labute approximate surface area is 223 Å². The van der Waals surface area contributed by atoms with Crippen molar-refractivity contribution in [1.82, 2.24) is 29.8 Å². The van der Waals surface area contributed by atoms with E-state index in [1.54, 1.807) is 6.07 Å². The van der Waals surface area contributed by atoms with Gasteiger partial charge in [-0.15, -0.1) is 0 Å². The van der Waals surface area contributed by atoms with E-state index in [1.807, 2.05) is 87.0 Å². The molecule has 4 rings (SSSR count). The fraction of sp³-hybridized carbons (Fsp3) is 0.345. The number of ether oxygens (including phenoxy) is 1. The molecule has 2 heterocycles. The molecule has 0 aliphatic carbocycles. The number of benzene rings is 2. The minimum Gasteiger partial charge on any atom is -0.492 e. The van der Waals surface area contributed by atoms with E-state index in [0.29, 0.717) is 23.5 Å². The van der Waals surface area contributed by atoms with Crippen LogP contribution in [0.5, 0.6) is 5.75 Å².